The van der Waals surface area contributed by atoms with Crippen LogP contribution >= 0.6 is 12.4 Å². The number of aromatic nitrogens is 1. The lowest BCUT2D eigenvalue weighted by atomic mass is 10.3. The first kappa shape index (κ1) is 7.16. The zero-order valence-electron chi connectivity index (χ0n) is 5.37. The first-order valence-electron chi connectivity index (χ1n) is 2.99. The standard InChI is InChI=1S/C8H7N.ClH/c1-2-4-8-7(3-1)5-6-9-8;/h1-6,9H;1H. The average Bonchev–Trinajstić information content (AvgIpc) is 2.33. The Labute approximate surface area is 65.5 Å². The van der Waals surface area contributed by atoms with Crippen LogP contribution in [-0.4, -0.2) is 4.98 Å². The number of benzene rings is 1. The Morgan fingerprint density at radius 1 is 1.00 bits per heavy atom. The molecule has 2 rings (SSSR count). The van der Waals surface area contributed by atoms with Crippen LogP contribution in [0.4, 0.5) is 0 Å². The van der Waals surface area contributed by atoms with Crippen LogP contribution in [0.3, 0.4) is 0 Å². The highest BCUT2D eigenvalue weighted by atomic mass is 35.5. The van der Waals surface area contributed by atoms with Gasteiger partial charge in [0.2, 0.25) is 0 Å². The largest absolute Gasteiger partial charge is 0.361 e. The minimum atomic E-state index is 0. The van der Waals surface area contributed by atoms with E-state index in [0.717, 1.165) is 0 Å². The van der Waals surface area contributed by atoms with Crippen molar-refractivity contribution in [1.82, 2.24) is 4.98 Å². The first-order valence-corrected chi connectivity index (χ1v) is 2.99. The Morgan fingerprint density at radius 2 is 1.80 bits per heavy atom. The number of fused-ring (bicyclic) bond motifs is 1. The molecule has 0 aliphatic carbocycles. The molecule has 1 aromatic carbocycles. The van der Waals surface area contributed by atoms with Crippen molar-refractivity contribution in [2.24, 2.45) is 0 Å². The van der Waals surface area contributed by atoms with Crippen molar-refractivity contribution in [2.45, 2.75) is 0 Å². The smallest absolute Gasteiger partial charge is 0.0453 e. The molecule has 52 valence electrons. The van der Waals surface area contributed by atoms with Crippen LogP contribution in [0.25, 0.3) is 10.9 Å². The van der Waals surface area contributed by atoms with Gasteiger partial charge in [-0.05, 0) is 17.5 Å². The van der Waals surface area contributed by atoms with Crippen molar-refractivity contribution in [3.8, 4) is 0 Å². The summed E-state index contributed by atoms with van der Waals surface area (Å²) in [5, 5.41) is 1.28. The molecular weight excluding hydrogens is 146 g/mol. The highest BCUT2D eigenvalue weighted by Gasteiger charge is 1.86. The molecule has 0 saturated heterocycles. The molecule has 10 heavy (non-hydrogen) atoms. The third-order valence-corrected chi connectivity index (χ3v) is 1.46. The predicted molar refractivity (Wildman–Crippen MR) is 45.5 cm³/mol. The molecule has 1 N–H and O–H groups in total. The number of hydrogen-bond donors (Lipinski definition) is 1. The van der Waals surface area contributed by atoms with Crippen molar-refractivity contribution < 1.29 is 0 Å². The van der Waals surface area contributed by atoms with Crippen LogP contribution < -0.4 is 0 Å². The summed E-state index contributed by atoms with van der Waals surface area (Å²) in [5.74, 6) is 0. The molecule has 0 fully saturated rings. The quantitative estimate of drug-likeness (QED) is 0.599. The highest BCUT2D eigenvalue weighted by Crippen LogP contribution is 2.09. The van der Waals surface area contributed by atoms with Crippen LogP contribution in [0.2, 0.25) is 0 Å². The minimum Gasteiger partial charge on any atom is -0.361 e. The van der Waals surface area contributed by atoms with E-state index in [4.69, 9.17) is 0 Å². The predicted octanol–water partition coefficient (Wildman–Crippen LogP) is 2.59. The van der Waals surface area contributed by atoms with Crippen LogP contribution in [-0.2, 0) is 0 Å². The summed E-state index contributed by atoms with van der Waals surface area (Å²) >= 11 is 0. The van der Waals surface area contributed by atoms with Gasteiger partial charge in [0.1, 0.15) is 0 Å². The third-order valence-electron chi connectivity index (χ3n) is 1.46. The molecule has 0 radical (unpaired) electrons. The van der Waals surface area contributed by atoms with Gasteiger partial charge < -0.3 is 4.98 Å². The molecule has 0 spiro atoms. The number of rotatable bonds is 0. The number of hydrogen-bond acceptors (Lipinski definition) is 0. The van der Waals surface area contributed by atoms with E-state index in [1.807, 2.05) is 18.3 Å². The van der Waals surface area contributed by atoms with Crippen molar-refractivity contribution in [3.63, 3.8) is 0 Å². The fraction of sp³-hybridized carbons (Fsp3) is 0. The summed E-state index contributed by atoms with van der Waals surface area (Å²) in [7, 11) is 0. The molecular formula is C8H8ClN. The number of aromatic amines is 1. The molecule has 1 aromatic heterocycles. The molecule has 0 aliphatic heterocycles. The summed E-state index contributed by atoms with van der Waals surface area (Å²) in [6.45, 7) is 0. The fourth-order valence-corrected chi connectivity index (χ4v) is 0.995. The van der Waals surface area contributed by atoms with E-state index < -0.39 is 0 Å². The Morgan fingerprint density at radius 3 is 2.60 bits per heavy atom. The van der Waals surface area contributed by atoms with Crippen LogP contribution in [0, 0.1) is 0 Å². The zero-order chi connectivity index (χ0) is 6.10. The Balaban J connectivity index is 0.000000500. The van der Waals surface area contributed by atoms with Gasteiger partial charge in [0.15, 0.2) is 0 Å². The molecule has 0 atom stereocenters. The van der Waals surface area contributed by atoms with E-state index >= 15 is 0 Å². The highest BCUT2D eigenvalue weighted by molar-refractivity contribution is 5.85. The van der Waals surface area contributed by atoms with E-state index in [0.29, 0.717) is 0 Å². The molecule has 0 saturated carbocycles. The second-order valence-electron chi connectivity index (χ2n) is 2.06. The number of nitrogens with one attached hydrogen (secondary N) is 1. The van der Waals surface area contributed by atoms with Gasteiger partial charge in [-0.1, -0.05) is 18.2 Å². The summed E-state index contributed by atoms with van der Waals surface area (Å²) in [6, 6.07) is 10.3. The van der Waals surface area contributed by atoms with Crippen LogP contribution in [0.1, 0.15) is 0 Å². The maximum atomic E-state index is 3.12. The number of H-pyrrole nitrogens is 1. The van der Waals surface area contributed by atoms with Gasteiger partial charge in [-0.3, -0.25) is 0 Å². The molecule has 2 aromatic rings. The van der Waals surface area contributed by atoms with Crippen molar-refractivity contribution in [3.05, 3.63) is 36.5 Å². The molecule has 1 heterocycles. The van der Waals surface area contributed by atoms with Gasteiger partial charge in [0.25, 0.3) is 0 Å². The molecule has 0 bridgehead atoms. The van der Waals surface area contributed by atoms with Crippen LogP contribution in [0.5, 0.6) is 0 Å². The van der Waals surface area contributed by atoms with Crippen LogP contribution in [0.15, 0.2) is 36.5 Å². The van der Waals surface area contributed by atoms with Crippen molar-refractivity contribution >= 4 is 23.3 Å². The van der Waals surface area contributed by atoms with Crippen molar-refractivity contribution in [2.75, 3.05) is 0 Å². The first-order chi connectivity index (χ1) is 4.47. The van der Waals surface area contributed by atoms with E-state index in [-0.39, 0.29) is 12.4 Å². The molecule has 0 unspecified atom stereocenters. The summed E-state index contributed by atoms with van der Waals surface area (Å²) in [5.41, 5.74) is 1.21. The van der Waals surface area contributed by atoms with Gasteiger partial charge in [-0.2, -0.15) is 0 Å². The zero-order valence-corrected chi connectivity index (χ0v) is 6.19. The van der Waals surface area contributed by atoms with Gasteiger partial charge >= 0.3 is 0 Å². The third kappa shape index (κ3) is 1.00. The van der Waals surface area contributed by atoms with Gasteiger partial charge in [-0.25, -0.2) is 0 Å². The summed E-state index contributed by atoms with van der Waals surface area (Å²) in [6.07, 6.45) is 1.95. The fourth-order valence-electron chi connectivity index (χ4n) is 0.995. The second kappa shape index (κ2) is 2.76. The number of halogens is 1. The summed E-state index contributed by atoms with van der Waals surface area (Å²) in [4.78, 5) is 3.12. The molecule has 2 heteroatoms. The van der Waals surface area contributed by atoms with E-state index in [2.05, 4.69) is 23.2 Å². The van der Waals surface area contributed by atoms with Gasteiger partial charge in [0, 0.05) is 11.7 Å². The SMILES string of the molecule is Cl.c1ccc2[nH]ccc2c1. The Hall–Kier alpha value is -0.950. The molecule has 0 amide bonds. The minimum absolute atomic E-state index is 0. The summed E-state index contributed by atoms with van der Waals surface area (Å²) < 4.78 is 0. The molecule has 1 nitrogen and oxygen atoms in total. The van der Waals surface area contributed by atoms with Crippen molar-refractivity contribution in [1.29, 1.82) is 0 Å². The van der Waals surface area contributed by atoms with Gasteiger partial charge in [-0.15, -0.1) is 12.4 Å². The molecule has 0 aliphatic rings. The Kier molecular flexibility index (Phi) is 1.97. The van der Waals surface area contributed by atoms with Gasteiger partial charge in [0.05, 0.1) is 0 Å². The van der Waals surface area contributed by atoms with E-state index in [9.17, 15) is 0 Å². The lowest BCUT2D eigenvalue weighted by Gasteiger charge is -1.83. The second-order valence-corrected chi connectivity index (χ2v) is 2.06. The Bertz CT molecular complexity index is 283. The van der Waals surface area contributed by atoms with E-state index in [1.54, 1.807) is 0 Å². The number of para-hydroxylation sites is 1. The lowest BCUT2D eigenvalue weighted by Crippen LogP contribution is -1.61. The average molecular weight is 154 g/mol. The maximum Gasteiger partial charge on any atom is 0.0453 e. The van der Waals surface area contributed by atoms with E-state index in [1.165, 1.54) is 10.9 Å². The maximum absolute atomic E-state index is 3.12. The normalized spacial score (nSPS) is 9.20. The topological polar surface area (TPSA) is 15.8 Å². The lowest BCUT2D eigenvalue weighted by molar-refractivity contribution is 1.48. The monoisotopic (exact) mass is 153 g/mol.